The van der Waals surface area contributed by atoms with Crippen LogP contribution in [0, 0.1) is 0 Å². The van der Waals surface area contributed by atoms with Gasteiger partial charge in [0.2, 0.25) is 0 Å². The van der Waals surface area contributed by atoms with Gasteiger partial charge < -0.3 is 19.9 Å². The van der Waals surface area contributed by atoms with Crippen LogP contribution in [0.2, 0.25) is 0 Å². The van der Waals surface area contributed by atoms with Crippen LogP contribution in [0.25, 0.3) is 11.2 Å². The van der Waals surface area contributed by atoms with Crippen LogP contribution < -0.4 is 15.4 Å². The first kappa shape index (κ1) is 20.4. The maximum absolute atomic E-state index is 12.2. The molecule has 0 spiro atoms. The number of ether oxygens (including phenoxy) is 1. The number of rotatable bonds is 8. The molecular weight excluding hydrogens is 390 g/mol. The Balaban J connectivity index is 1.36. The number of fused-ring (bicyclic) bond motifs is 1. The number of aromatic nitrogens is 3. The highest BCUT2D eigenvalue weighted by Crippen LogP contribution is 2.16. The Morgan fingerprint density at radius 2 is 1.77 bits per heavy atom. The van der Waals surface area contributed by atoms with E-state index in [1.165, 1.54) is 5.56 Å². The van der Waals surface area contributed by atoms with E-state index in [1.54, 1.807) is 13.3 Å². The van der Waals surface area contributed by atoms with Gasteiger partial charge in [-0.1, -0.05) is 42.5 Å². The van der Waals surface area contributed by atoms with Gasteiger partial charge in [-0.05, 0) is 35.4 Å². The second-order valence-corrected chi connectivity index (χ2v) is 7.15. The minimum Gasteiger partial charge on any atom is -0.497 e. The zero-order chi connectivity index (χ0) is 21.5. The van der Waals surface area contributed by atoms with Gasteiger partial charge in [-0.25, -0.2) is 14.8 Å². The largest absolute Gasteiger partial charge is 0.497 e. The number of hydrogen-bond donors (Lipinski definition) is 2. The van der Waals surface area contributed by atoms with Crippen LogP contribution in [-0.2, 0) is 19.5 Å². The molecule has 2 aromatic carbocycles. The number of amides is 2. The Kier molecular flexibility index (Phi) is 6.42. The molecule has 158 valence electrons. The Morgan fingerprint density at radius 1 is 0.968 bits per heavy atom. The molecule has 0 atom stereocenters. The summed E-state index contributed by atoms with van der Waals surface area (Å²) in [5.74, 6) is 1.69. The smallest absolute Gasteiger partial charge is 0.315 e. The Bertz CT molecular complexity index is 1140. The normalized spacial score (nSPS) is 10.7. The van der Waals surface area contributed by atoms with E-state index >= 15 is 0 Å². The molecule has 2 amide bonds. The average molecular weight is 415 g/mol. The number of nitrogens with one attached hydrogen (secondary N) is 2. The Morgan fingerprint density at radius 3 is 2.55 bits per heavy atom. The lowest BCUT2D eigenvalue weighted by Gasteiger charge is -2.10. The molecule has 0 unspecified atom stereocenters. The van der Waals surface area contributed by atoms with Crippen molar-refractivity contribution in [2.45, 2.75) is 19.5 Å². The number of methoxy groups -OCH3 is 1. The molecule has 0 aliphatic rings. The summed E-state index contributed by atoms with van der Waals surface area (Å²) in [5.41, 5.74) is 3.90. The third kappa shape index (κ3) is 5.19. The van der Waals surface area contributed by atoms with Gasteiger partial charge in [-0.2, -0.15) is 0 Å². The van der Waals surface area contributed by atoms with E-state index in [9.17, 15) is 4.79 Å². The summed E-state index contributed by atoms with van der Waals surface area (Å²) in [6, 6.07) is 21.5. The van der Waals surface area contributed by atoms with E-state index in [-0.39, 0.29) is 6.03 Å². The first-order valence-corrected chi connectivity index (χ1v) is 10.2. The molecule has 2 N–H and O–H groups in total. The van der Waals surface area contributed by atoms with Gasteiger partial charge in [0, 0.05) is 25.7 Å². The van der Waals surface area contributed by atoms with Gasteiger partial charge in [-0.3, -0.25) is 0 Å². The van der Waals surface area contributed by atoms with Crippen molar-refractivity contribution in [1.29, 1.82) is 0 Å². The maximum atomic E-state index is 12.2. The summed E-state index contributed by atoms with van der Waals surface area (Å²) < 4.78 is 7.26. The molecule has 2 heterocycles. The predicted molar refractivity (Wildman–Crippen MR) is 120 cm³/mol. The molecule has 7 nitrogen and oxygen atoms in total. The van der Waals surface area contributed by atoms with Gasteiger partial charge in [0.15, 0.2) is 5.65 Å². The summed E-state index contributed by atoms with van der Waals surface area (Å²) in [5, 5.41) is 5.78. The fourth-order valence-electron chi connectivity index (χ4n) is 3.40. The molecule has 0 aliphatic heterocycles. The molecule has 4 rings (SSSR count). The zero-order valence-corrected chi connectivity index (χ0v) is 17.4. The lowest BCUT2D eigenvalue weighted by atomic mass is 10.2. The van der Waals surface area contributed by atoms with Gasteiger partial charge in [0.25, 0.3) is 0 Å². The van der Waals surface area contributed by atoms with Crippen molar-refractivity contribution in [1.82, 2.24) is 25.2 Å². The minimum atomic E-state index is -0.209. The maximum Gasteiger partial charge on any atom is 0.315 e. The molecule has 0 radical (unpaired) electrons. The Labute approximate surface area is 181 Å². The first-order valence-electron chi connectivity index (χ1n) is 10.2. The highest BCUT2D eigenvalue weighted by atomic mass is 16.5. The number of nitrogens with zero attached hydrogens (tertiary/aromatic N) is 3. The SMILES string of the molecule is COc1ccc(CNC(=O)NCCc2nc3cccnc3n2Cc2ccccc2)cc1. The van der Waals surface area contributed by atoms with Crippen molar-refractivity contribution in [3.8, 4) is 5.75 Å². The van der Waals surface area contributed by atoms with Gasteiger partial charge in [0.05, 0.1) is 13.7 Å². The van der Waals surface area contributed by atoms with E-state index in [1.807, 2.05) is 54.6 Å². The van der Waals surface area contributed by atoms with Gasteiger partial charge in [-0.15, -0.1) is 0 Å². The number of benzene rings is 2. The summed E-state index contributed by atoms with van der Waals surface area (Å²) >= 11 is 0. The van der Waals surface area contributed by atoms with Gasteiger partial charge >= 0.3 is 6.03 Å². The third-order valence-electron chi connectivity index (χ3n) is 5.01. The molecule has 0 fully saturated rings. The average Bonchev–Trinajstić information content (AvgIpc) is 3.16. The quantitative estimate of drug-likeness (QED) is 0.461. The molecular formula is C24H25N5O2. The Hall–Kier alpha value is -3.87. The fourth-order valence-corrected chi connectivity index (χ4v) is 3.40. The predicted octanol–water partition coefficient (Wildman–Crippen LogP) is 3.53. The second kappa shape index (κ2) is 9.75. The topological polar surface area (TPSA) is 81.1 Å². The molecule has 0 saturated carbocycles. The van der Waals surface area contributed by atoms with E-state index < -0.39 is 0 Å². The summed E-state index contributed by atoms with van der Waals surface area (Å²) in [7, 11) is 1.63. The van der Waals surface area contributed by atoms with E-state index in [4.69, 9.17) is 9.72 Å². The van der Waals surface area contributed by atoms with Crippen LogP contribution in [0.4, 0.5) is 4.79 Å². The number of urea groups is 1. The van der Waals surface area contributed by atoms with Crippen LogP contribution in [0.15, 0.2) is 72.9 Å². The number of pyridine rings is 1. The van der Waals surface area contributed by atoms with Crippen LogP contribution >= 0.6 is 0 Å². The second-order valence-electron chi connectivity index (χ2n) is 7.15. The van der Waals surface area contributed by atoms with Crippen LogP contribution in [0.5, 0.6) is 5.75 Å². The summed E-state index contributed by atoms with van der Waals surface area (Å²) in [6.45, 7) is 1.62. The van der Waals surface area contributed by atoms with Crippen molar-refractivity contribution < 1.29 is 9.53 Å². The standard InChI is InChI=1S/C24H25N5O2/c1-31-20-11-9-18(10-12-20)16-27-24(30)26-15-13-22-28-21-8-5-14-25-23(21)29(22)17-19-6-3-2-4-7-19/h2-12,14H,13,15-17H2,1H3,(H2,26,27,30). The molecule has 31 heavy (non-hydrogen) atoms. The van der Waals surface area contributed by atoms with Crippen LogP contribution in [0.1, 0.15) is 17.0 Å². The molecule has 0 aliphatic carbocycles. The van der Waals surface area contributed by atoms with Crippen molar-refractivity contribution in [2.24, 2.45) is 0 Å². The van der Waals surface area contributed by atoms with Crippen molar-refractivity contribution in [3.05, 3.63) is 89.9 Å². The number of hydrogen-bond acceptors (Lipinski definition) is 4. The summed E-state index contributed by atoms with van der Waals surface area (Å²) in [4.78, 5) is 21.4. The van der Waals surface area contributed by atoms with Crippen molar-refractivity contribution in [3.63, 3.8) is 0 Å². The summed E-state index contributed by atoms with van der Waals surface area (Å²) in [6.07, 6.45) is 2.39. The van der Waals surface area contributed by atoms with E-state index in [0.29, 0.717) is 26.1 Å². The lowest BCUT2D eigenvalue weighted by Crippen LogP contribution is -2.36. The highest BCUT2D eigenvalue weighted by molar-refractivity contribution is 5.74. The number of carbonyl (C=O) groups excluding carboxylic acids is 1. The minimum absolute atomic E-state index is 0.209. The van der Waals surface area contributed by atoms with Gasteiger partial charge in [0.1, 0.15) is 17.1 Å². The lowest BCUT2D eigenvalue weighted by molar-refractivity contribution is 0.240. The molecule has 0 saturated heterocycles. The van der Waals surface area contributed by atoms with Crippen LogP contribution in [-0.4, -0.2) is 34.2 Å². The van der Waals surface area contributed by atoms with E-state index in [2.05, 4.69) is 32.3 Å². The highest BCUT2D eigenvalue weighted by Gasteiger charge is 2.12. The number of imidazole rings is 1. The zero-order valence-electron chi connectivity index (χ0n) is 17.4. The fraction of sp³-hybridized carbons (Fsp3) is 0.208. The molecule has 0 bridgehead atoms. The van der Waals surface area contributed by atoms with Crippen molar-refractivity contribution in [2.75, 3.05) is 13.7 Å². The number of carbonyl (C=O) groups is 1. The molecule has 4 aromatic rings. The van der Waals surface area contributed by atoms with Crippen molar-refractivity contribution >= 4 is 17.2 Å². The first-order chi connectivity index (χ1) is 15.2. The third-order valence-corrected chi connectivity index (χ3v) is 5.01. The molecule has 2 aromatic heterocycles. The van der Waals surface area contributed by atoms with Crippen LogP contribution in [0.3, 0.4) is 0 Å². The van der Waals surface area contributed by atoms with E-state index in [0.717, 1.165) is 28.3 Å². The monoisotopic (exact) mass is 415 g/mol. The molecule has 7 heteroatoms.